The minimum absolute atomic E-state index is 0.0111. The van der Waals surface area contributed by atoms with Gasteiger partial charge < -0.3 is 14.6 Å². The molecule has 3 aliphatic rings. The van der Waals surface area contributed by atoms with E-state index in [0.29, 0.717) is 17.7 Å². The Hall–Kier alpha value is -1.99. The molecule has 2 fully saturated rings. The van der Waals surface area contributed by atoms with Crippen LogP contribution in [-0.4, -0.2) is 58.8 Å². The highest BCUT2D eigenvalue weighted by molar-refractivity contribution is 6.07. The molecule has 0 aromatic carbocycles. The predicted octanol–water partition coefficient (Wildman–Crippen LogP) is 2.25. The van der Waals surface area contributed by atoms with Gasteiger partial charge in [0.2, 0.25) is 0 Å². The molecule has 2 aromatic heterocycles. The summed E-state index contributed by atoms with van der Waals surface area (Å²) >= 11 is 0. The molecule has 0 saturated carbocycles. The van der Waals surface area contributed by atoms with Gasteiger partial charge in [0.25, 0.3) is 11.6 Å². The van der Waals surface area contributed by atoms with Crippen molar-refractivity contribution in [3.8, 4) is 0 Å². The largest absolute Gasteiger partial charge is 0.375 e. The first kappa shape index (κ1) is 18.1. The number of hydrogen-bond donors (Lipinski definition) is 1. The summed E-state index contributed by atoms with van der Waals surface area (Å²) in [4.78, 5) is 20.4. The molecule has 7 heteroatoms. The maximum Gasteiger partial charge on any atom is 0.259 e. The summed E-state index contributed by atoms with van der Waals surface area (Å²) in [5.41, 5.74) is 4.03. The van der Waals surface area contributed by atoms with Gasteiger partial charge >= 0.3 is 0 Å². The molecule has 4 heterocycles. The number of ether oxygens (including phenoxy) is 1. The van der Waals surface area contributed by atoms with Crippen molar-refractivity contribution in [1.29, 1.82) is 0 Å². The van der Waals surface area contributed by atoms with Crippen molar-refractivity contribution < 1.29 is 14.1 Å². The zero-order chi connectivity index (χ0) is 19.4. The highest BCUT2D eigenvalue weighted by atomic mass is 16.5. The number of fused-ring (bicyclic) bond motifs is 3. The Morgan fingerprint density at radius 3 is 2.96 bits per heavy atom. The number of rotatable bonds is 3. The molecule has 2 saturated heterocycles. The SMILES string of the molecule is Cc1noc2nc3c(c(C(=O)N[C@H]4C[C@H]5CO[C@H](C(C)C)CN5C4)c12)CCC3. The molecule has 0 radical (unpaired) electrons. The van der Waals surface area contributed by atoms with Crippen LogP contribution in [0.3, 0.4) is 0 Å². The van der Waals surface area contributed by atoms with Gasteiger partial charge in [0, 0.05) is 30.9 Å². The van der Waals surface area contributed by atoms with Gasteiger partial charge in [-0.15, -0.1) is 0 Å². The summed E-state index contributed by atoms with van der Waals surface area (Å²) < 4.78 is 11.4. The standard InChI is InChI=1S/C21H28N4O3/c1-11(2)17-9-25-8-13(7-14(25)10-27-17)22-20(26)19-15-5-4-6-16(15)23-21-18(19)12(3)24-28-21/h11,13-14,17H,4-10H2,1-3H3,(H,22,26)/t13-,14-,17-/m0/s1. The Morgan fingerprint density at radius 2 is 2.14 bits per heavy atom. The van der Waals surface area contributed by atoms with Crippen molar-refractivity contribution in [2.75, 3.05) is 19.7 Å². The topological polar surface area (TPSA) is 80.5 Å². The van der Waals surface area contributed by atoms with E-state index >= 15 is 0 Å². The van der Waals surface area contributed by atoms with E-state index in [-0.39, 0.29) is 18.1 Å². The Balaban J connectivity index is 1.38. The van der Waals surface area contributed by atoms with Crippen molar-refractivity contribution in [1.82, 2.24) is 20.4 Å². The molecule has 0 unspecified atom stereocenters. The number of carbonyl (C=O) groups excluding carboxylic acids is 1. The molecule has 0 spiro atoms. The Bertz CT molecular complexity index is 922. The number of carbonyl (C=O) groups is 1. The number of aromatic nitrogens is 2. The number of nitrogens with one attached hydrogen (secondary N) is 1. The first-order valence-corrected chi connectivity index (χ1v) is 10.5. The van der Waals surface area contributed by atoms with Crippen LogP contribution in [0.4, 0.5) is 0 Å². The number of nitrogens with zero attached hydrogens (tertiary/aromatic N) is 3. The molecular formula is C21H28N4O3. The summed E-state index contributed by atoms with van der Waals surface area (Å²) in [5, 5.41) is 8.13. The van der Waals surface area contributed by atoms with Crippen LogP contribution in [0.15, 0.2) is 4.52 Å². The van der Waals surface area contributed by atoms with Crippen molar-refractivity contribution in [3.05, 3.63) is 22.5 Å². The predicted molar refractivity (Wildman–Crippen MR) is 104 cm³/mol. The van der Waals surface area contributed by atoms with Crippen molar-refractivity contribution in [2.45, 2.75) is 64.6 Å². The number of aryl methyl sites for hydroxylation is 2. The molecule has 1 N–H and O–H groups in total. The molecule has 2 aliphatic heterocycles. The lowest BCUT2D eigenvalue weighted by molar-refractivity contribution is -0.0683. The summed E-state index contributed by atoms with van der Waals surface area (Å²) in [6.45, 7) is 8.89. The van der Waals surface area contributed by atoms with Gasteiger partial charge in [-0.3, -0.25) is 9.69 Å². The minimum Gasteiger partial charge on any atom is -0.375 e. The van der Waals surface area contributed by atoms with Crippen LogP contribution in [0.2, 0.25) is 0 Å². The third-order valence-corrected chi connectivity index (χ3v) is 6.57. The fraction of sp³-hybridized carbons (Fsp3) is 0.667. The van der Waals surface area contributed by atoms with Crippen LogP contribution < -0.4 is 5.32 Å². The van der Waals surface area contributed by atoms with Crippen LogP contribution >= 0.6 is 0 Å². The van der Waals surface area contributed by atoms with E-state index in [9.17, 15) is 4.79 Å². The smallest absolute Gasteiger partial charge is 0.259 e. The van der Waals surface area contributed by atoms with E-state index < -0.39 is 0 Å². The molecule has 1 aliphatic carbocycles. The second-order valence-corrected chi connectivity index (χ2v) is 8.84. The molecule has 3 atom stereocenters. The molecule has 1 amide bonds. The van der Waals surface area contributed by atoms with E-state index in [1.165, 1.54) is 0 Å². The first-order valence-electron chi connectivity index (χ1n) is 10.5. The fourth-order valence-electron chi connectivity index (χ4n) is 5.03. The number of morpholine rings is 1. The maximum atomic E-state index is 13.3. The molecular weight excluding hydrogens is 356 g/mol. The second kappa shape index (κ2) is 6.81. The molecule has 28 heavy (non-hydrogen) atoms. The van der Waals surface area contributed by atoms with E-state index in [0.717, 1.165) is 73.3 Å². The number of hydrogen-bond acceptors (Lipinski definition) is 6. The molecule has 7 nitrogen and oxygen atoms in total. The molecule has 150 valence electrons. The Morgan fingerprint density at radius 1 is 1.29 bits per heavy atom. The maximum absolute atomic E-state index is 13.3. The quantitative estimate of drug-likeness (QED) is 0.874. The van der Waals surface area contributed by atoms with Crippen LogP contribution in [-0.2, 0) is 17.6 Å². The first-order chi connectivity index (χ1) is 13.5. The molecule has 5 rings (SSSR count). The fourth-order valence-corrected chi connectivity index (χ4v) is 5.03. The van der Waals surface area contributed by atoms with Gasteiger partial charge in [-0.1, -0.05) is 19.0 Å². The Labute approximate surface area is 164 Å². The van der Waals surface area contributed by atoms with Crippen LogP contribution in [0.1, 0.15) is 54.0 Å². The third kappa shape index (κ3) is 2.92. The second-order valence-electron chi connectivity index (χ2n) is 8.84. The summed E-state index contributed by atoms with van der Waals surface area (Å²) in [7, 11) is 0. The zero-order valence-electron chi connectivity index (χ0n) is 16.8. The molecule has 2 aromatic rings. The van der Waals surface area contributed by atoms with E-state index in [1.54, 1.807) is 0 Å². The van der Waals surface area contributed by atoms with Gasteiger partial charge in [-0.2, -0.15) is 0 Å². The van der Waals surface area contributed by atoms with Crippen molar-refractivity contribution >= 4 is 17.0 Å². The number of pyridine rings is 1. The van der Waals surface area contributed by atoms with Crippen LogP contribution in [0.25, 0.3) is 11.1 Å². The van der Waals surface area contributed by atoms with Crippen LogP contribution in [0.5, 0.6) is 0 Å². The van der Waals surface area contributed by atoms with Gasteiger partial charge in [0.1, 0.15) is 0 Å². The van der Waals surface area contributed by atoms with Gasteiger partial charge in [0.15, 0.2) is 0 Å². The average Bonchev–Trinajstić information content (AvgIpc) is 3.37. The van der Waals surface area contributed by atoms with Gasteiger partial charge in [-0.05, 0) is 44.1 Å². The minimum atomic E-state index is -0.0111. The lowest BCUT2D eigenvalue weighted by atomic mass is 10.0. The van der Waals surface area contributed by atoms with Crippen LogP contribution in [0, 0.1) is 12.8 Å². The third-order valence-electron chi connectivity index (χ3n) is 6.57. The van der Waals surface area contributed by atoms with E-state index in [4.69, 9.17) is 9.26 Å². The molecule has 0 bridgehead atoms. The lowest BCUT2D eigenvalue weighted by Gasteiger charge is -2.36. The van der Waals surface area contributed by atoms with Crippen molar-refractivity contribution in [3.63, 3.8) is 0 Å². The highest BCUT2D eigenvalue weighted by Gasteiger charge is 2.39. The van der Waals surface area contributed by atoms with Gasteiger partial charge in [-0.25, -0.2) is 4.98 Å². The summed E-state index contributed by atoms with van der Waals surface area (Å²) in [6, 6.07) is 0.549. The summed E-state index contributed by atoms with van der Waals surface area (Å²) in [6.07, 6.45) is 4.06. The Kier molecular flexibility index (Phi) is 4.39. The van der Waals surface area contributed by atoms with Gasteiger partial charge in [0.05, 0.1) is 29.4 Å². The zero-order valence-corrected chi connectivity index (χ0v) is 16.8. The highest BCUT2D eigenvalue weighted by Crippen LogP contribution is 2.32. The van der Waals surface area contributed by atoms with E-state index in [2.05, 4.69) is 34.2 Å². The monoisotopic (exact) mass is 384 g/mol. The average molecular weight is 384 g/mol. The van der Waals surface area contributed by atoms with E-state index in [1.807, 2.05) is 6.92 Å². The normalized spacial score (nSPS) is 27.4. The number of amides is 1. The summed E-state index contributed by atoms with van der Waals surface area (Å²) in [5.74, 6) is 0.502. The lowest BCUT2D eigenvalue weighted by Crippen LogP contribution is -2.48. The van der Waals surface area contributed by atoms with Crippen molar-refractivity contribution in [2.24, 2.45) is 5.92 Å².